The van der Waals surface area contributed by atoms with E-state index in [-0.39, 0.29) is 42.7 Å². The number of aromatic nitrogens is 2. The van der Waals surface area contributed by atoms with Gasteiger partial charge in [-0.15, -0.1) is 0 Å². The summed E-state index contributed by atoms with van der Waals surface area (Å²) in [6, 6.07) is 4.97. The van der Waals surface area contributed by atoms with Gasteiger partial charge in [0.1, 0.15) is 11.7 Å². The Balaban J connectivity index is 1.87. The highest BCUT2D eigenvalue weighted by Gasteiger charge is 2.34. The monoisotopic (exact) mass is 492 g/mol. The van der Waals surface area contributed by atoms with Crippen LogP contribution in [0.4, 0.5) is 0 Å². The fourth-order valence-electron chi connectivity index (χ4n) is 3.93. The molecule has 0 saturated carbocycles. The molecule has 0 radical (unpaired) electrons. The number of likely N-dealkylation sites (N-methyl/N-ethyl adjacent to an activating group) is 1. The molecule has 2 aromatic rings. The number of aliphatic hydroxyl groups excluding tert-OH is 1. The van der Waals surface area contributed by atoms with E-state index in [4.69, 9.17) is 4.74 Å². The van der Waals surface area contributed by atoms with Crippen molar-refractivity contribution in [1.82, 2.24) is 19.8 Å². The van der Waals surface area contributed by atoms with Crippen LogP contribution < -0.4 is 4.74 Å². The van der Waals surface area contributed by atoms with Crippen LogP contribution in [0.1, 0.15) is 55.6 Å². The minimum atomic E-state index is -0.401. The van der Waals surface area contributed by atoms with E-state index in [1.807, 2.05) is 26.0 Å². The van der Waals surface area contributed by atoms with Gasteiger partial charge >= 0.3 is 0 Å². The van der Waals surface area contributed by atoms with E-state index in [1.165, 1.54) is 0 Å². The van der Waals surface area contributed by atoms with E-state index in [2.05, 4.69) is 35.7 Å². The predicted octanol–water partition coefficient (Wildman–Crippen LogP) is 2.80. The van der Waals surface area contributed by atoms with Gasteiger partial charge in [-0.1, -0.05) is 32.6 Å². The topological polar surface area (TPSA) is 95.9 Å². The fourth-order valence-corrected chi connectivity index (χ4v) is 3.93. The van der Waals surface area contributed by atoms with Crippen LogP contribution in [0.15, 0.2) is 36.8 Å². The molecule has 1 N–H and O–H groups in total. The minimum Gasteiger partial charge on any atom is -0.472 e. The molecule has 36 heavy (non-hydrogen) atoms. The Morgan fingerprint density at radius 3 is 2.69 bits per heavy atom. The van der Waals surface area contributed by atoms with Crippen molar-refractivity contribution in [2.24, 2.45) is 11.8 Å². The van der Waals surface area contributed by atoms with E-state index in [9.17, 15) is 14.7 Å². The second-order valence-electron chi connectivity index (χ2n) is 9.91. The molecule has 3 atom stereocenters. The first-order valence-corrected chi connectivity index (χ1v) is 12.4. The van der Waals surface area contributed by atoms with Gasteiger partial charge in [0.05, 0.1) is 25.6 Å². The van der Waals surface area contributed by atoms with Gasteiger partial charge in [0.25, 0.3) is 5.91 Å². The number of carbonyl (C=O) groups is 2. The standard InChI is InChI=1S/C28H36N4O4/c1-19(2)7-6-8-23-13-24-27(30-15-23)36-25(20(3)16-32(28(24)35)21(4)18-33)17-31(5)26(34)14-22-9-11-29-12-10-22/h9-13,15,19-21,25,33H,7,14,16-18H2,1-5H3/t20-,21-,25-/m1/s1. The Labute approximate surface area is 213 Å². The molecule has 0 saturated heterocycles. The zero-order valence-electron chi connectivity index (χ0n) is 21.8. The lowest BCUT2D eigenvalue weighted by molar-refractivity contribution is -0.130. The zero-order valence-corrected chi connectivity index (χ0v) is 21.8. The fraction of sp³-hybridized carbons (Fsp3) is 0.500. The van der Waals surface area contributed by atoms with Crippen molar-refractivity contribution < 1.29 is 19.4 Å². The molecule has 1 aliphatic rings. The van der Waals surface area contributed by atoms with Crippen molar-refractivity contribution in [3.63, 3.8) is 0 Å². The molecule has 192 valence electrons. The molecular weight excluding hydrogens is 456 g/mol. The van der Waals surface area contributed by atoms with Crippen LogP contribution in [0.2, 0.25) is 0 Å². The molecule has 0 aromatic carbocycles. The third-order valence-electron chi connectivity index (χ3n) is 6.25. The van der Waals surface area contributed by atoms with E-state index in [0.29, 0.717) is 30.1 Å². The summed E-state index contributed by atoms with van der Waals surface area (Å²) < 4.78 is 6.28. The van der Waals surface area contributed by atoms with Gasteiger partial charge in [0, 0.05) is 50.1 Å². The van der Waals surface area contributed by atoms with Crippen LogP contribution in [-0.2, 0) is 11.2 Å². The molecule has 0 spiro atoms. The number of hydrogen-bond donors (Lipinski definition) is 1. The Kier molecular flexibility index (Phi) is 9.43. The molecule has 2 amide bonds. The third-order valence-corrected chi connectivity index (χ3v) is 6.25. The van der Waals surface area contributed by atoms with Gasteiger partial charge in [-0.05, 0) is 36.6 Å². The Hall–Kier alpha value is -3.44. The van der Waals surface area contributed by atoms with Crippen molar-refractivity contribution >= 4 is 11.8 Å². The molecule has 2 aromatic heterocycles. The maximum absolute atomic E-state index is 13.5. The lowest BCUT2D eigenvalue weighted by Gasteiger charge is -2.37. The van der Waals surface area contributed by atoms with E-state index < -0.39 is 6.10 Å². The van der Waals surface area contributed by atoms with Crippen LogP contribution in [0.3, 0.4) is 0 Å². The number of amides is 2. The molecule has 0 unspecified atom stereocenters. The summed E-state index contributed by atoms with van der Waals surface area (Å²) in [6.07, 6.45) is 5.55. The number of aliphatic hydroxyl groups is 1. The summed E-state index contributed by atoms with van der Waals surface area (Å²) in [7, 11) is 1.75. The number of pyridine rings is 2. The number of carbonyl (C=O) groups excluding carboxylic acids is 2. The van der Waals surface area contributed by atoms with Crippen molar-refractivity contribution in [1.29, 1.82) is 0 Å². The van der Waals surface area contributed by atoms with Gasteiger partial charge in [-0.2, -0.15) is 0 Å². The highest BCUT2D eigenvalue weighted by Crippen LogP contribution is 2.27. The first-order chi connectivity index (χ1) is 17.2. The maximum atomic E-state index is 13.5. The van der Waals surface area contributed by atoms with Gasteiger partial charge in [-0.25, -0.2) is 4.98 Å². The summed E-state index contributed by atoms with van der Waals surface area (Å²) in [5.74, 6) is 6.47. The number of rotatable bonds is 7. The SMILES string of the molecule is CC(C)CC#Cc1cnc2c(c1)C(=O)N([C@H](C)CO)C[C@@H](C)[C@@H](CN(C)C(=O)Cc1ccncc1)O2. The average Bonchev–Trinajstić information content (AvgIpc) is 2.86. The minimum absolute atomic E-state index is 0.0420. The number of ether oxygens (including phenoxy) is 1. The summed E-state index contributed by atoms with van der Waals surface area (Å²) in [6.45, 7) is 8.53. The number of fused-ring (bicyclic) bond motifs is 1. The number of hydrogen-bond acceptors (Lipinski definition) is 6. The largest absolute Gasteiger partial charge is 0.472 e. The van der Waals surface area contributed by atoms with E-state index in [0.717, 1.165) is 12.0 Å². The van der Waals surface area contributed by atoms with Crippen molar-refractivity contribution in [2.75, 3.05) is 26.7 Å². The van der Waals surface area contributed by atoms with Gasteiger partial charge in [0.2, 0.25) is 11.8 Å². The molecule has 8 heteroatoms. The molecule has 0 bridgehead atoms. The first-order valence-electron chi connectivity index (χ1n) is 12.4. The van der Waals surface area contributed by atoms with Crippen molar-refractivity contribution in [3.8, 4) is 17.7 Å². The smallest absolute Gasteiger partial charge is 0.259 e. The summed E-state index contributed by atoms with van der Waals surface area (Å²) in [5, 5.41) is 9.83. The molecular formula is C28H36N4O4. The van der Waals surface area contributed by atoms with Gasteiger partial charge in [-0.3, -0.25) is 14.6 Å². The van der Waals surface area contributed by atoms with Crippen LogP contribution in [0.25, 0.3) is 0 Å². The molecule has 0 fully saturated rings. The highest BCUT2D eigenvalue weighted by molar-refractivity contribution is 5.97. The van der Waals surface area contributed by atoms with Gasteiger partial charge < -0.3 is 19.6 Å². The maximum Gasteiger partial charge on any atom is 0.259 e. The summed E-state index contributed by atoms with van der Waals surface area (Å²) in [5.41, 5.74) is 1.84. The Morgan fingerprint density at radius 2 is 2.03 bits per heavy atom. The average molecular weight is 493 g/mol. The quantitative estimate of drug-likeness (QED) is 0.597. The predicted molar refractivity (Wildman–Crippen MR) is 137 cm³/mol. The molecule has 3 rings (SSSR count). The van der Waals surface area contributed by atoms with Crippen molar-refractivity contribution in [3.05, 3.63) is 53.5 Å². The van der Waals surface area contributed by atoms with Gasteiger partial charge in [0.15, 0.2) is 0 Å². The lowest BCUT2D eigenvalue weighted by atomic mass is 9.99. The van der Waals surface area contributed by atoms with Crippen molar-refractivity contribution in [2.45, 2.75) is 52.7 Å². The first kappa shape index (κ1) is 27.2. The normalized spacial score (nSPS) is 18.3. The van der Waals surface area contributed by atoms with E-state index in [1.54, 1.807) is 41.5 Å². The second kappa shape index (κ2) is 12.5. The summed E-state index contributed by atoms with van der Waals surface area (Å²) >= 11 is 0. The lowest BCUT2D eigenvalue weighted by Crippen LogP contribution is -2.50. The molecule has 0 aliphatic carbocycles. The van der Waals surface area contributed by atoms with E-state index >= 15 is 0 Å². The highest BCUT2D eigenvalue weighted by atomic mass is 16.5. The third kappa shape index (κ3) is 7.05. The van der Waals surface area contributed by atoms with Crippen LogP contribution in [0, 0.1) is 23.7 Å². The molecule has 3 heterocycles. The second-order valence-corrected chi connectivity index (χ2v) is 9.91. The van der Waals surface area contributed by atoms with Crippen LogP contribution in [-0.4, -0.2) is 75.6 Å². The van der Waals surface area contributed by atoms with Crippen LogP contribution in [0.5, 0.6) is 5.88 Å². The number of nitrogens with zero attached hydrogens (tertiary/aromatic N) is 4. The summed E-state index contributed by atoms with van der Waals surface area (Å²) in [4.78, 5) is 38.1. The zero-order chi connectivity index (χ0) is 26.2. The Bertz CT molecular complexity index is 1110. The van der Waals surface area contributed by atoms with Crippen LogP contribution >= 0.6 is 0 Å². The Morgan fingerprint density at radius 1 is 1.31 bits per heavy atom. The molecule has 1 aliphatic heterocycles. The molecule has 8 nitrogen and oxygen atoms in total.